The van der Waals surface area contributed by atoms with E-state index in [4.69, 9.17) is 0 Å². The van der Waals surface area contributed by atoms with Gasteiger partial charge >= 0.3 is 6.03 Å². The molecule has 1 saturated heterocycles. The zero-order valence-electron chi connectivity index (χ0n) is 18.0. The SMILES string of the molecule is O=C1N[C@H](/C=C/c2ccccc2)[C@@H](O)[C@@H](Cc2ccccc2)N1Cc1cccc([N+](=O)[O-])c1. The van der Waals surface area contributed by atoms with Crippen LogP contribution in [0.15, 0.2) is 91.0 Å². The number of aliphatic hydroxyl groups is 1. The van der Waals surface area contributed by atoms with Gasteiger partial charge in [0, 0.05) is 18.7 Å². The Bertz CT molecular complexity index is 1130. The molecule has 3 aromatic carbocycles. The van der Waals surface area contributed by atoms with Gasteiger partial charge in [0.25, 0.3) is 5.69 Å². The van der Waals surface area contributed by atoms with Crippen LogP contribution in [-0.2, 0) is 13.0 Å². The lowest BCUT2D eigenvalue weighted by Crippen LogP contribution is -2.64. The third kappa shape index (κ3) is 5.45. The first-order chi connectivity index (χ1) is 16.0. The highest BCUT2D eigenvalue weighted by atomic mass is 16.6. The number of hydrogen-bond acceptors (Lipinski definition) is 4. The topological polar surface area (TPSA) is 95.7 Å². The molecular formula is C26H25N3O4. The second-order valence-corrected chi connectivity index (χ2v) is 8.05. The third-order valence-electron chi connectivity index (χ3n) is 5.77. The Balaban J connectivity index is 1.61. The Hall–Kier alpha value is -3.97. The van der Waals surface area contributed by atoms with E-state index in [0.29, 0.717) is 12.0 Å². The molecule has 0 unspecified atom stereocenters. The summed E-state index contributed by atoms with van der Waals surface area (Å²) in [5.41, 5.74) is 2.56. The van der Waals surface area contributed by atoms with E-state index in [1.807, 2.05) is 66.7 Å². The fourth-order valence-corrected chi connectivity index (χ4v) is 4.07. The summed E-state index contributed by atoms with van der Waals surface area (Å²) in [7, 11) is 0. The molecule has 2 amide bonds. The summed E-state index contributed by atoms with van der Waals surface area (Å²) < 4.78 is 0. The molecule has 0 saturated carbocycles. The smallest absolute Gasteiger partial charge is 0.318 e. The summed E-state index contributed by atoms with van der Waals surface area (Å²) in [6.45, 7) is 0.150. The number of hydrogen-bond donors (Lipinski definition) is 2. The lowest BCUT2D eigenvalue weighted by molar-refractivity contribution is -0.384. The van der Waals surface area contributed by atoms with Crippen LogP contribution in [0.2, 0.25) is 0 Å². The zero-order valence-corrected chi connectivity index (χ0v) is 18.0. The largest absolute Gasteiger partial charge is 0.388 e. The second kappa shape index (κ2) is 10.1. The molecule has 1 aliphatic rings. The predicted octanol–water partition coefficient (Wildman–Crippen LogP) is 4.17. The van der Waals surface area contributed by atoms with Gasteiger partial charge in [-0.1, -0.05) is 84.9 Å². The predicted molar refractivity (Wildman–Crippen MR) is 126 cm³/mol. The molecule has 4 rings (SSSR count). The normalized spacial score (nSPS) is 20.6. The van der Waals surface area contributed by atoms with Gasteiger partial charge in [-0.05, 0) is 23.1 Å². The molecule has 168 valence electrons. The molecular weight excluding hydrogens is 418 g/mol. The van der Waals surface area contributed by atoms with Crippen LogP contribution in [0.3, 0.4) is 0 Å². The lowest BCUT2D eigenvalue weighted by atomic mass is 9.92. The molecule has 0 spiro atoms. The van der Waals surface area contributed by atoms with Crippen molar-refractivity contribution in [1.29, 1.82) is 0 Å². The number of carbonyl (C=O) groups excluding carboxylic acids is 1. The van der Waals surface area contributed by atoms with Crippen molar-refractivity contribution in [3.05, 3.63) is 118 Å². The van der Waals surface area contributed by atoms with Crippen molar-refractivity contribution in [3.8, 4) is 0 Å². The van der Waals surface area contributed by atoms with Crippen molar-refractivity contribution in [2.24, 2.45) is 0 Å². The standard InChI is InChI=1S/C26H25N3O4/c30-25-23(15-14-19-8-3-1-4-9-19)27-26(31)28(24(25)17-20-10-5-2-6-11-20)18-21-12-7-13-22(16-21)29(32)33/h1-16,23-25,30H,17-18H2,(H,27,31)/b15-14+/t23-,24-,25-/m1/s1. The minimum Gasteiger partial charge on any atom is -0.388 e. The Morgan fingerprint density at radius 1 is 0.970 bits per heavy atom. The number of nitrogens with zero attached hydrogens (tertiary/aromatic N) is 2. The summed E-state index contributed by atoms with van der Waals surface area (Å²) in [5, 5.41) is 25.3. The van der Waals surface area contributed by atoms with Gasteiger partial charge in [-0.2, -0.15) is 0 Å². The highest BCUT2D eigenvalue weighted by molar-refractivity contribution is 5.77. The molecule has 3 aromatic rings. The average Bonchev–Trinajstić information content (AvgIpc) is 2.84. The van der Waals surface area contributed by atoms with Crippen molar-refractivity contribution in [2.75, 3.05) is 0 Å². The monoisotopic (exact) mass is 443 g/mol. The van der Waals surface area contributed by atoms with Gasteiger partial charge in [-0.3, -0.25) is 10.1 Å². The molecule has 7 nitrogen and oxygen atoms in total. The number of benzene rings is 3. The number of nitro groups is 1. The van der Waals surface area contributed by atoms with E-state index >= 15 is 0 Å². The summed E-state index contributed by atoms with van der Waals surface area (Å²) >= 11 is 0. The van der Waals surface area contributed by atoms with E-state index in [2.05, 4.69) is 5.32 Å². The maximum absolute atomic E-state index is 13.1. The number of amides is 2. The fourth-order valence-electron chi connectivity index (χ4n) is 4.07. The van der Waals surface area contributed by atoms with Gasteiger partial charge < -0.3 is 15.3 Å². The van der Waals surface area contributed by atoms with Gasteiger partial charge in [-0.25, -0.2) is 4.79 Å². The molecule has 0 aromatic heterocycles. The van der Waals surface area contributed by atoms with Crippen LogP contribution in [0.1, 0.15) is 16.7 Å². The van der Waals surface area contributed by atoms with E-state index in [1.165, 1.54) is 12.1 Å². The number of nitro benzene ring substituents is 1. The Morgan fingerprint density at radius 2 is 1.64 bits per heavy atom. The van der Waals surface area contributed by atoms with E-state index < -0.39 is 23.1 Å². The number of non-ortho nitro benzene ring substituents is 1. The van der Waals surface area contributed by atoms with Crippen molar-refractivity contribution in [2.45, 2.75) is 31.2 Å². The minimum absolute atomic E-state index is 0.0336. The first-order valence-electron chi connectivity index (χ1n) is 10.8. The molecule has 1 fully saturated rings. The summed E-state index contributed by atoms with van der Waals surface area (Å²) in [4.78, 5) is 25.4. The Kier molecular flexibility index (Phi) is 6.80. The third-order valence-corrected chi connectivity index (χ3v) is 5.77. The van der Waals surface area contributed by atoms with Crippen LogP contribution < -0.4 is 5.32 Å². The van der Waals surface area contributed by atoms with Crippen molar-refractivity contribution < 1.29 is 14.8 Å². The molecule has 33 heavy (non-hydrogen) atoms. The Morgan fingerprint density at radius 3 is 2.33 bits per heavy atom. The molecule has 7 heteroatoms. The number of urea groups is 1. The maximum Gasteiger partial charge on any atom is 0.318 e. The van der Waals surface area contributed by atoms with E-state index in [0.717, 1.165) is 11.1 Å². The molecule has 0 aliphatic carbocycles. The van der Waals surface area contributed by atoms with Gasteiger partial charge in [0.05, 0.1) is 23.1 Å². The molecule has 3 atom stereocenters. The van der Waals surface area contributed by atoms with Crippen molar-refractivity contribution >= 4 is 17.8 Å². The molecule has 0 bridgehead atoms. The zero-order chi connectivity index (χ0) is 23.2. The molecule has 1 heterocycles. The second-order valence-electron chi connectivity index (χ2n) is 8.05. The molecule has 1 aliphatic heterocycles. The first-order valence-corrected chi connectivity index (χ1v) is 10.8. The van der Waals surface area contributed by atoms with Crippen molar-refractivity contribution in [3.63, 3.8) is 0 Å². The highest BCUT2D eigenvalue weighted by Crippen LogP contribution is 2.24. The van der Waals surface area contributed by atoms with Gasteiger partial charge in [0.1, 0.15) is 0 Å². The van der Waals surface area contributed by atoms with Gasteiger partial charge in [0.2, 0.25) is 0 Å². The quantitative estimate of drug-likeness (QED) is 0.423. The van der Waals surface area contributed by atoms with Gasteiger partial charge in [0.15, 0.2) is 0 Å². The van der Waals surface area contributed by atoms with Crippen molar-refractivity contribution in [1.82, 2.24) is 10.2 Å². The fraction of sp³-hybridized carbons (Fsp3) is 0.192. The molecule has 0 radical (unpaired) electrons. The summed E-state index contributed by atoms with van der Waals surface area (Å²) in [6, 6.07) is 24.2. The van der Waals surface area contributed by atoms with Gasteiger partial charge in [-0.15, -0.1) is 0 Å². The number of aliphatic hydroxyl groups excluding tert-OH is 1. The van der Waals surface area contributed by atoms with E-state index in [-0.39, 0.29) is 18.3 Å². The summed E-state index contributed by atoms with van der Waals surface area (Å²) in [5.74, 6) is 0. The molecule has 2 N–H and O–H groups in total. The maximum atomic E-state index is 13.1. The first kappa shape index (κ1) is 22.2. The number of rotatable bonds is 7. The van der Waals surface area contributed by atoms with Crippen LogP contribution in [0.5, 0.6) is 0 Å². The van der Waals surface area contributed by atoms with E-state index in [1.54, 1.807) is 23.1 Å². The number of nitrogens with one attached hydrogen (secondary N) is 1. The lowest BCUT2D eigenvalue weighted by Gasteiger charge is -2.43. The van der Waals surface area contributed by atoms with Crippen LogP contribution in [-0.4, -0.2) is 39.1 Å². The average molecular weight is 444 g/mol. The van der Waals surface area contributed by atoms with Crippen LogP contribution in [0, 0.1) is 10.1 Å². The highest BCUT2D eigenvalue weighted by Gasteiger charge is 2.40. The van der Waals surface area contributed by atoms with Crippen LogP contribution >= 0.6 is 0 Å². The van der Waals surface area contributed by atoms with Crippen LogP contribution in [0.25, 0.3) is 6.08 Å². The Labute approximate surface area is 192 Å². The minimum atomic E-state index is -0.874. The number of carbonyl (C=O) groups is 1. The van der Waals surface area contributed by atoms with Crippen LogP contribution in [0.4, 0.5) is 10.5 Å². The van der Waals surface area contributed by atoms with E-state index in [9.17, 15) is 20.0 Å². The summed E-state index contributed by atoms with van der Waals surface area (Å²) in [6.07, 6.45) is 3.27.